The Bertz CT molecular complexity index is 1250. The van der Waals surface area contributed by atoms with Crippen LogP contribution in [-0.4, -0.2) is 41.2 Å². The first-order chi connectivity index (χ1) is 18.5. The van der Waals surface area contributed by atoms with E-state index in [9.17, 15) is 14.0 Å². The van der Waals surface area contributed by atoms with E-state index in [-0.39, 0.29) is 23.4 Å². The molecule has 1 amide bonds. The number of benzene rings is 2. The summed E-state index contributed by atoms with van der Waals surface area (Å²) in [6.45, 7) is 2.95. The number of rotatable bonds is 8. The molecular weight excluding hydrogens is 477 g/mol. The fraction of sp³-hybridized carbons (Fsp3) is 0.406. The molecule has 1 saturated heterocycles. The molecule has 5 nitrogen and oxygen atoms in total. The van der Waals surface area contributed by atoms with Crippen LogP contribution in [-0.2, 0) is 0 Å². The van der Waals surface area contributed by atoms with Crippen LogP contribution in [0.1, 0.15) is 77.1 Å². The molecule has 2 N–H and O–H groups in total. The molecule has 1 aromatic heterocycles. The molecule has 2 heterocycles. The van der Waals surface area contributed by atoms with Gasteiger partial charge in [0.15, 0.2) is 5.78 Å². The van der Waals surface area contributed by atoms with Crippen LogP contribution >= 0.6 is 0 Å². The summed E-state index contributed by atoms with van der Waals surface area (Å²) in [4.78, 5) is 31.6. The van der Waals surface area contributed by atoms with Crippen molar-refractivity contribution in [3.8, 4) is 11.1 Å². The zero-order valence-corrected chi connectivity index (χ0v) is 21.8. The maximum Gasteiger partial charge on any atom is 0.248 e. The van der Waals surface area contributed by atoms with Gasteiger partial charge in [-0.2, -0.15) is 0 Å². The van der Waals surface area contributed by atoms with Crippen molar-refractivity contribution in [2.45, 2.75) is 50.9 Å². The summed E-state index contributed by atoms with van der Waals surface area (Å²) >= 11 is 0. The lowest BCUT2D eigenvalue weighted by Crippen LogP contribution is -2.37. The number of pyridine rings is 1. The predicted octanol–water partition coefficient (Wildman–Crippen LogP) is 6.25. The van der Waals surface area contributed by atoms with Gasteiger partial charge in [-0.05, 0) is 136 Å². The molecule has 0 spiro atoms. The number of carbonyl (C=O) groups is 2. The van der Waals surface area contributed by atoms with E-state index in [1.54, 1.807) is 24.5 Å². The summed E-state index contributed by atoms with van der Waals surface area (Å²) in [7, 11) is 0. The number of nitrogens with two attached hydrogens (primary N) is 1. The maximum absolute atomic E-state index is 13.2. The van der Waals surface area contributed by atoms with Gasteiger partial charge in [0, 0.05) is 29.4 Å². The van der Waals surface area contributed by atoms with E-state index in [1.807, 2.05) is 24.3 Å². The number of carbonyl (C=O) groups excluding carboxylic acids is 2. The molecular formula is C32H36FN3O2. The Kier molecular flexibility index (Phi) is 8.28. The zero-order chi connectivity index (χ0) is 26.5. The second kappa shape index (κ2) is 12.0. The zero-order valence-electron chi connectivity index (χ0n) is 21.8. The largest absolute Gasteiger partial charge is 0.366 e. The number of Topliss-reactive ketones (excluding diaryl/α,β-unsaturated/α-hetero) is 1. The fourth-order valence-electron chi connectivity index (χ4n) is 6.24. The van der Waals surface area contributed by atoms with Crippen molar-refractivity contribution in [2.75, 3.05) is 19.6 Å². The normalized spacial score (nSPS) is 20.8. The number of primary amides is 1. The monoisotopic (exact) mass is 513 g/mol. The summed E-state index contributed by atoms with van der Waals surface area (Å²) < 4.78 is 13.2. The van der Waals surface area contributed by atoms with Gasteiger partial charge in [0.2, 0.25) is 5.91 Å². The second-order valence-corrected chi connectivity index (χ2v) is 10.9. The Hall–Kier alpha value is -3.38. The fourth-order valence-corrected chi connectivity index (χ4v) is 6.24. The number of aromatic nitrogens is 1. The summed E-state index contributed by atoms with van der Waals surface area (Å²) in [6, 6.07) is 15.9. The lowest BCUT2D eigenvalue weighted by molar-refractivity contribution is 0.0832. The molecule has 0 bridgehead atoms. The van der Waals surface area contributed by atoms with E-state index in [0.717, 1.165) is 74.8 Å². The third kappa shape index (κ3) is 6.18. The number of halogens is 1. The van der Waals surface area contributed by atoms with Crippen molar-refractivity contribution < 1.29 is 14.0 Å². The van der Waals surface area contributed by atoms with E-state index in [2.05, 4.69) is 16.0 Å². The third-order valence-electron chi connectivity index (χ3n) is 8.56. The number of nitrogens with zero attached hydrogens (tertiary/aromatic N) is 2. The molecule has 5 rings (SSSR count). The van der Waals surface area contributed by atoms with Crippen molar-refractivity contribution in [3.63, 3.8) is 0 Å². The highest BCUT2D eigenvalue weighted by molar-refractivity contribution is 5.98. The minimum Gasteiger partial charge on any atom is -0.366 e. The first-order valence-electron chi connectivity index (χ1n) is 13.8. The lowest BCUT2D eigenvalue weighted by atomic mass is 9.75. The van der Waals surface area contributed by atoms with Crippen molar-refractivity contribution in [2.24, 2.45) is 17.6 Å². The van der Waals surface area contributed by atoms with E-state index in [4.69, 9.17) is 5.73 Å². The molecule has 1 aliphatic heterocycles. The number of amides is 1. The molecule has 1 saturated carbocycles. The van der Waals surface area contributed by atoms with Gasteiger partial charge in [0.25, 0.3) is 0 Å². The van der Waals surface area contributed by atoms with E-state index in [1.165, 1.54) is 18.6 Å². The van der Waals surface area contributed by atoms with Crippen LogP contribution < -0.4 is 5.73 Å². The Morgan fingerprint density at radius 2 is 1.55 bits per heavy atom. The molecule has 0 unspecified atom stereocenters. The quantitative estimate of drug-likeness (QED) is 0.362. The van der Waals surface area contributed by atoms with Gasteiger partial charge in [-0.1, -0.05) is 12.1 Å². The maximum atomic E-state index is 13.2. The number of hydrogen-bond donors (Lipinski definition) is 1. The average molecular weight is 514 g/mol. The van der Waals surface area contributed by atoms with Gasteiger partial charge in [0.05, 0.1) is 0 Å². The van der Waals surface area contributed by atoms with Crippen LogP contribution in [0.3, 0.4) is 0 Å². The van der Waals surface area contributed by atoms with Crippen LogP contribution in [0.15, 0.2) is 67.0 Å². The topological polar surface area (TPSA) is 76.3 Å². The van der Waals surface area contributed by atoms with Crippen LogP contribution in [0.4, 0.5) is 4.39 Å². The molecule has 0 atom stereocenters. The molecule has 6 heteroatoms. The molecule has 198 valence electrons. The van der Waals surface area contributed by atoms with Crippen molar-refractivity contribution in [3.05, 3.63) is 89.5 Å². The van der Waals surface area contributed by atoms with Crippen LogP contribution in [0.2, 0.25) is 0 Å². The number of likely N-dealkylation sites (tertiary alicyclic amines) is 1. The standard InChI is InChI=1S/C32H36FN3O2/c33-28-8-5-25(6-9-28)31(37)26-14-19-36(20-15-26)18-13-22-1-3-24(4-2-22)30-21-27(7-10-29(30)32(34)38)23-11-16-35-17-12-23/h5-12,16-17,21-22,24,26H,1-4,13-15,18-20H2,(H2,34,38). The average Bonchev–Trinajstić information content (AvgIpc) is 2.97. The van der Waals surface area contributed by atoms with Crippen molar-refractivity contribution in [1.82, 2.24) is 9.88 Å². The summed E-state index contributed by atoms with van der Waals surface area (Å²) in [5.41, 5.74) is 10.3. The second-order valence-electron chi connectivity index (χ2n) is 10.9. The number of ketones is 1. The summed E-state index contributed by atoms with van der Waals surface area (Å²) in [5, 5.41) is 0. The highest BCUT2D eigenvalue weighted by atomic mass is 19.1. The predicted molar refractivity (Wildman–Crippen MR) is 147 cm³/mol. The van der Waals surface area contributed by atoms with Crippen LogP contribution in [0.5, 0.6) is 0 Å². The Morgan fingerprint density at radius 3 is 2.21 bits per heavy atom. The molecule has 2 aromatic carbocycles. The smallest absolute Gasteiger partial charge is 0.248 e. The Balaban J connectivity index is 1.11. The Morgan fingerprint density at radius 1 is 0.868 bits per heavy atom. The summed E-state index contributed by atoms with van der Waals surface area (Å²) in [6.07, 6.45) is 10.9. The van der Waals surface area contributed by atoms with Crippen LogP contribution in [0, 0.1) is 17.7 Å². The number of hydrogen-bond acceptors (Lipinski definition) is 4. The third-order valence-corrected chi connectivity index (χ3v) is 8.56. The van der Waals surface area contributed by atoms with Gasteiger partial charge >= 0.3 is 0 Å². The van der Waals surface area contributed by atoms with Crippen molar-refractivity contribution in [1.29, 1.82) is 0 Å². The number of piperidine rings is 1. The van der Waals surface area contributed by atoms with Gasteiger partial charge < -0.3 is 10.6 Å². The van der Waals surface area contributed by atoms with Gasteiger partial charge in [-0.25, -0.2) is 4.39 Å². The Labute approximate surface area is 224 Å². The molecule has 1 aliphatic carbocycles. The molecule has 38 heavy (non-hydrogen) atoms. The minimum atomic E-state index is -0.357. The van der Waals surface area contributed by atoms with Gasteiger partial charge in [0.1, 0.15) is 5.82 Å². The summed E-state index contributed by atoms with van der Waals surface area (Å²) in [5.74, 6) is 0.552. The first-order valence-corrected chi connectivity index (χ1v) is 13.8. The SMILES string of the molecule is NC(=O)c1ccc(-c2ccncc2)cc1C1CCC(CCN2CCC(C(=O)c3ccc(F)cc3)CC2)CC1. The highest BCUT2D eigenvalue weighted by Crippen LogP contribution is 2.40. The van der Waals surface area contributed by atoms with Gasteiger partial charge in [-0.3, -0.25) is 14.6 Å². The molecule has 0 radical (unpaired) electrons. The van der Waals surface area contributed by atoms with E-state index >= 15 is 0 Å². The highest BCUT2D eigenvalue weighted by Gasteiger charge is 2.28. The van der Waals surface area contributed by atoms with Crippen molar-refractivity contribution >= 4 is 11.7 Å². The minimum absolute atomic E-state index is 0.0366. The lowest BCUT2D eigenvalue weighted by Gasteiger charge is -2.34. The van der Waals surface area contributed by atoms with Gasteiger partial charge in [-0.15, -0.1) is 0 Å². The first kappa shape index (κ1) is 26.2. The van der Waals surface area contributed by atoms with E-state index < -0.39 is 0 Å². The molecule has 2 aliphatic rings. The van der Waals surface area contributed by atoms with E-state index in [0.29, 0.717) is 23.0 Å². The van der Waals surface area contributed by atoms with Crippen LogP contribution in [0.25, 0.3) is 11.1 Å². The molecule has 2 fully saturated rings. The molecule has 3 aromatic rings.